The van der Waals surface area contributed by atoms with Gasteiger partial charge in [0.15, 0.2) is 0 Å². The number of ether oxygens (including phenoxy) is 1. The number of urea groups is 1. The van der Waals surface area contributed by atoms with Crippen molar-refractivity contribution >= 4 is 12.0 Å². The summed E-state index contributed by atoms with van der Waals surface area (Å²) in [5.74, 6) is -1.15. The van der Waals surface area contributed by atoms with Crippen LogP contribution in [0.25, 0.3) is 0 Å². The number of nitrogens with two attached hydrogens (primary N) is 1. The molecule has 7 nitrogen and oxygen atoms in total. The molecule has 1 unspecified atom stereocenters. The number of hydrogen-bond acceptors (Lipinski definition) is 5. The Labute approximate surface area is 134 Å². The maximum absolute atomic E-state index is 14.0. The second-order valence-corrected chi connectivity index (χ2v) is 5.79. The smallest absolute Gasteiger partial charge is 0.371 e. The minimum atomic E-state index is -2.36. The van der Waals surface area contributed by atoms with Crippen molar-refractivity contribution in [3.05, 3.63) is 23.9 Å². The van der Waals surface area contributed by atoms with E-state index in [9.17, 15) is 14.0 Å². The number of hydrogen-bond donors (Lipinski definition) is 1. The molecule has 1 saturated heterocycles. The highest BCUT2D eigenvalue weighted by Crippen LogP contribution is 2.31. The molecule has 2 bridgehead atoms. The Morgan fingerprint density at radius 2 is 2.26 bits per heavy atom. The van der Waals surface area contributed by atoms with Crippen molar-refractivity contribution in [2.24, 2.45) is 5.73 Å². The third-order valence-corrected chi connectivity index (χ3v) is 3.95. The quantitative estimate of drug-likeness (QED) is 0.590. The summed E-state index contributed by atoms with van der Waals surface area (Å²) in [4.78, 5) is 30.3. The predicted molar refractivity (Wildman–Crippen MR) is 80.4 cm³/mol. The molecule has 0 saturated carbocycles. The van der Waals surface area contributed by atoms with E-state index in [1.54, 1.807) is 19.9 Å². The van der Waals surface area contributed by atoms with E-state index in [0.717, 1.165) is 10.6 Å². The second kappa shape index (κ2) is 6.57. The van der Waals surface area contributed by atoms with E-state index in [2.05, 4.69) is 6.58 Å². The summed E-state index contributed by atoms with van der Waals surface area (Å²) in [6.07, 6.45) is -0.466. The molecule has 4 atom stereocenters. The van der Waals surface area contributed by atoms with Crippen LogP contribution >= 0.6 is 0 Å². The number of esters is 1. The summed E-state index contributed by atoms with van der Waals surface area (Å²) < 4.78 is 18.8. The Morgan fingerprint density at radius 3 is 2.83 bits per heavy atom. The van der Waals surface area contributed by atoms with Crippen molar-refractivity contribution in [2.45, 2.75) is 51.7 Å². The lowest BCUT2D eigenvalue weighted by Gasteiger charge is -2.30. The van der Waals surface area contributed by atoms with Crippen molar-refractivity contribution in [2.75, 3.05) is 6.54 Å². The van der Waals surface area contributed by atoms with Gasteiger partial charge < -0.3 is 15.4 Å². The van der Waals surface area contributed by atoms with Crippen LogP contribution in [-0.2, 0) is 14.4 Å². The zero-order valence-corrected chi connectivity index (χ0v) is 13.5. The third kappa shape index (κ3) is 3.31. The van der Waals surface area contributed by atoms with Crippen LogP contribution in [-0.4, -0.2) is 53.1 Å². The zero-order chi connectivity index (χ0) is 17.3. The molecule has 2 amide bonds. The number of alkyl halides is 1. The monoisotopic (exact) mass is 327 g/mol. The number of carbonyl (C=O) groups is 2. The summed E-state index contributed by atoms with van der Waals surface area (Å²) in [5, 5.41) is 0.856. The summed E-state index contributed by atoms with van der Waals surface area (Å²) in [7, 11) is 0. The highest BCUT2D eigenvalue weighted by Gasteiger charge is 2.47. The van der Waals surface area contributed by atoms with Crippen LogP contribution in [0.15, 0.2) is 23.9 Å². The van der Waals surface area contributed by atoms with Gasteiger partial charge in [-0.15, -0.1) is 0 Å². The van der Waals surface area contributed by atoms with Gasteiger partial charge in [0.1, 0.15) is 0 Å². The lowest BCUT2D eigenvalue weighted by atomic mass is 9.99. The molecule has 0 aromatic heterocycles. The van der Waals surface area contributed by atoms with Gasteiger partial charge in [-0.3, -0.25) is 0 Å². The van der Waals surface area contributed by atoms with Crippen LogP contribution in [0, 0.1) is 0 Å². The molecule has 8 heteroatoms. The van der Waals surface area contributed by atoms with E-state index < -0.39 is 36.5 Å². The van der Waals surface area contributed by atoms with Gasteiger partial charge in [-0.1, -0.05) is 19.6 Å². The topological polar surface area (TPSA) is 85.1 Å². The van der Waals surface area contributed by atoms with Crippen molar-refractivity contribution < 1.29 is 23.6 Å². The van der Waals surface area contributed by atoms with E-state index >= 15 is 0 Å². The SMILES string of the molecule is C=C(N)[C@@H]1C(C)=CC2CN1C(=O)N2O[C@H](F)C(=O)O[C@H](C)CC. The number of fused-ring (bicyclic) bond motifs is 2. The predicted octanol–water partition coefficient (Wildman–Crippen LogP) is 1.46. The number of nitrogens with zero attached hydrogens (tertiary/aromatic N) is 2. The molecule has 2 heterocycles. The molecular formula is C15H22FN3O4. The standard InChI is InChI=1S/C15H22FN3O4/c1-5-9(3)22-14(20)13(16)23-19-11-6-8(2)12(10(4)17)18(7-11)15(19)21/h6,9,11-13H,4-5,7,17H2,1-3H3/t9-,11?,12+,13+/m1/s1. The number of hydroxylamine groups is 2. The minimum Gasteiger partial charge on any atom is -0.459 e. The van der Waals surface area contributed by atoms with Crippen LogP contribution in [0.4, 0.5) is 9.18 Å². The summed E-state index contributed by atoms with van der Waals surface area (Å²) >= 11 is 0. The number of carbonyl (C=O) groups excluding carboxylic acids is 2. The minimum absolute atomic E-state index is 0.296. The van der Waals surface area contributed by atoms with Gasteiger partial charge in [-0.2, -0.15) is 5.06 Å². The van der Waals surface area contributed by atoms with Crippen molar-refractivity contribution in [3.8, 4) is 0 Å². The average molecular weight is 327 g/mol. The molecule has 0 aromatic carbocycles. The Morgan fingerprint density at radius 1 is 1.61 bits per heavy atom. The van der Waals surface area contributed by atoms with Crippen molar-refractivity contribution in [3.63, 3.8) is 0 Å². The van der Waals surface area contributed by atoms with E-state index in [1.165, 1.54) is 4.90 Å². The fourth-order valence-electron chi connectivity index (χ4n) is 2.69. The largest absolute Gasteiger partial charge is 0.459 e. The molecule has 0 spiro atoms. The highest BCUT2D eigenvalue weighted by molar-refractivity contribution is 5.79. The van der Waals surface area contributed by atoms with Gasteiger partial charge in [0.2, 0.25) is 0 Å². The average Bonchev–Trinajstić information content (AvgIpc) is 2.71. The number of halogens is 1. The Bertz CT molecular complexity index is 551. The third-order valence-electron chi connectivity index (χ3n) is 3.95. The molecule has 2 N–H and O–H groups in total. The molecule has 0 radical (unpaired) electrons. The zero-order valence-electron chi connectivity index (χ0n) is 13.5. The molecule has 128 valence electrons. The normalized spacial score (nSPS) is 25.9. The van der Waals surface area contributed by atoms with Gasteiger partial charge in [0, 0.05) is 5.70 Å². The first-order valence-corrected chi connectivity index (χ1v) is 7.50. The molecule has 2 rings (SSSR count). The van der Waals surface area contributed by atoms with Gasteiger partial charge in [-0.25, -0.2) is 18.8 Å². The molecule has 2 aliphatic rings. The van der Waals surface area contributed by atoms with E-state index in [0.29, 0.717) is 18.7 Å². The molecule has 2 aliphatic heterocycles. The summed E-state index contributed by atoms with van der Waals surface area (Å²) in [6, 6.07) is -1.48. The fourth-order valence-corrected chi connectivity index (χ4v) is 2.69. The van der Waals surface area contributed by atoms with Gasteiger partial charge in [0.05, 0.1) is 24.7 Å². The van der Waals surface area contributed by atoms with Crippen LogP contribution in [0.1, 0.15) is 27.2 Å². The van der Waals surface area contributed by atoms with Gasteiger partial charge in [0.25, 0.3) is 0 Å². The van der Waals surface area contributed by atoms with Crippen LogP contribution in [0.5, 0.6) is 0 Å². The first kappa shape index (κ1) is 17.3. The van der Waals surface area contributed by atoms with E-state index in [4.69, 9.17) is 15.3 Å². The Balaban J connectivity index is 2.07. The fraction of sp³-hybridized carbons (Fsp3) is 0.600. The maximum atomic E-state index is 14.0. The van der Waals surface area contributed by atoms with E-state index in [1.807, 2.05) is 6.92 Å². The number of rotatable bonds is 6. The van der Waals surface area contributed by atoms with Gasteiger partial charge in [-0.05, 0) is 25.8 Å². The highest BCUT2D eigenvalue weighted by atomic mass is 19.1. The second-order valence-electron chi connectivity index (χ2n) is 5.79. The molecule has 0 aromatic rings. The van der Waals surface area contributed by atoms with Gasteiger partial charge >= 0.3 is 18.4 Å². The molecule has 1 fully saturated rings. The lowest BCUT2D eigenvalue weighted by Crippen LogP contribution is -2.43. The Hall–Kier alpha value is -2.09. The lowest BCUT2D eigenvalue weighted by molar-refractivity contribution is -0.225. The molecule has 23 heavy (non-hydrogen) atoms. The summed E-state index contributed by atoms with van der Waals surface area (Å²) in [5.41, 5.74) is 6.88. The van der Waals surface area contributed by atoms with Crippen molar-refractivity contribution in [1.82, 2.24) is 9.96 Å². The molecule has 0 aliphatic carbocycles. The molecular weight excluding hydrogens is 305 g/mol. The first-order chi connectivity index (χ1) is 10.8. The number of amides is 2. The van der Waals surface area contributed by atoms with E-state index in [-0.39, 0.29) is 0 Å². The first-order valence-electron chi connectivity index (χ1n) is 7.50. The Kier molecular flexibility index (Phi) is 4.93. The van der Waals surface area contributed by atoms with Crippen LogP contribution in [0.2, 0.25) is 0 Å². The van der Waals surface area contributed by atoms with Crippen molar-refractivity contribution in [1.29, 1.82) is 0 Å². The summed E-state index contributed by atoms with van der Waals surface area (Å²) in [6.45, 7) is 9.23. The maximum Gasteiger partial charge on any atom is 0.371 e. The van der Waals surface area contributed by atoms with Crippen LogP contribution < -0.4 is 5.73 Å². The van der Waals surface area contributed by atoms with Crippen LogP contribution in [0.3, 0.4) is 0 Å².